The first kappa shape index (κ1) is 14.3. The first-order valence-electron chi connectivity index (χ1n) is 7.47. The van der Waals surface area contributed by atoms with Crippen LogP contribution in [-0.4, -0.2) is 39.3 Å². The highest BCUT2D eigenvalue weighted by molar-refractivity contribution is 5.77. The van der Waals surface area contributed by atoms with Crippen LogP contribution in [0.4, 0.5) is 0 Å². The van der Waals surface area contributed by atoms with Gasteiger partial charge in [0, 0.05) is 12.6 Å². The average molecular weight is 291 g/mol. The lowest BCUT2D eigenvalue weighted by molar-refractivity contribution is -0.153. The van der Waals surface area contributed by atoms with Gasteiger partial charge in [-0.1, -0.05) is 17.4 Å². The van der Waals surface area contributed by atoms with E-state index in [9.17, 15) is 9.90 Å². The topological polar surface area (TPSA) is 77.2 Å². The molecule has 1 aromatic rings. The normalized spacial score (nSPS) is 31.7. The maximum absolute atomic E-state index is 12.2. The molecule has 0 aliphatic heterocycles. The van der Waals surface area contributed by atoms with Crippen molar-refractivity contribution in [3.8, 4) is 0 Å². The van der Waals surface area contributed by atoms with Crippen molar-refractivity contribution >= 4 is 5.97 Å². The number of carbonyl (C=O) groups excluding carboxylic acids is 1. The number of esters is 1. The van der Waals surface area contributed by atoms with Crippen molar-refractivity contribution in [2.24, 2.45) is 5.41 Å². The van der Waals surface area contributed by atoms with Crippen molar-refractivity contribution in [2.45, 2.75) is 50.7 Å². The third kappa shape index (κ3) is 2.60. The lowest BCUT2D eigenvalue weighted by Crippen LogP contribution is -2.35. The third-order valence-corrected chi connectivity index (χ3v) is 4.70. The van der Waals surface area contributed by atoms with E-state index in [0.29, 0.717) is 12.8 Å². The Morgan fingerprint density at radius 1 is 1.52 bits per heavy atom. The zero-order chi connectivity index (χ0) is 14.9. The maximum Gasteiger partial charge on any atom is 0.312 e. The van der Waals surface area contributed by atoms with Gasteiger partial charge in [0.15, 0.2) is 0 Å². The van der Waals surface area contributed by atoms with Gasteiger partial charge in [0.25, 0.3) is 0 Å². The molecule has 0 radical (unpaired) electrons. The zero-order valence-electron chi connectivity index (χ0n) is 12.2. The van der Waals surface area contributed by atoms with E-state index in [1.807, 2.05) is 12.3 Å². The fourth-order valence-corrected chi connectivity index (χ4v) is 3.20. The minimum absolute atomic E-state index is 0.0339. The summed E-state index contributed by atoms with van der Waals surface area (Å²) in [5.74, 6) is -0.176. The van der Waals surface area contributed by atoms with E-state index < -0.39 is 5.41 Å². The molecular formula is C15H21N3O3. The van der Waals surface area contributed by atoms with Crippen molar-refractivity contribution in [2.75, 3.05) is 7.11 Å². The molecule has 3 rings (SSSR count). The molecular weight excluding hydrogens is 270 g/mol. The Morgan fingerprint density at radius 2 is 2.38 bits per heavy atom. The van der Waals surface area contributed by atoms with Gasteiger partial charge in [-0.25, -0.2) is 4.68 Å². The molecule has 0 bridgehead atoms. The second kappa shape index (κ2) is 5.60. The molecule has 0 spiro atoms. The number of nitrogens with zero attached hydrogens (tertiary/aromatic N) is 3. The van der Waals surface area contributed by atoms with Crippen LogP contribution in [-0.2, 0) is 16.0 Å². The molecule has 2 aliphatic rings. The fourth-order valence-electron chi connectivity index (χ4n) is 3.20. The minimum atomic E-state index is -0.525. The van der Waals surface area contributed by atoms with E-state index in [1.165, 1.54) is 7.11 Å². The Kier molecular flexibility index (Phi) is 3.80. The van der Waals surface area contributed by atoms with Gasteiger partial charge in [0.2, 0.25) is 0 Å². The van der Waals surface area contributed by atoms with Crippen molar-refractivity contribution in [1.29, 1.82) is 0 Å². The molecule has 1 saturated carbocycles. The van der Waals surface area contributed by atoms with E-state index in [2.05, 4.69) is 16.4 Å². The quantitative estimate of drug-likeness (QED) is 0.670. The number of aromatic nitrogens is 3. The van der Waals surface area contributed by atoms with E-state index in [-0.39, 0.29) is 18.1 Å². The second-order valence-electron chi connectivity index (χ2n) is 6.06. The smallest absolute Gasteiger partial charge is 0.312 e. The number of aliphatic hydroxyl groups is 1. The van der Waals surface area contributed by atoms with Crippen LogP contribution in [0.5, 0.6) is 0 Å². The van der Waals surface area contributed by atoms with Crippen LogP contribution >= 0.6 is 0 Å². The van der Waals surface area contributed by atoms with Crippen molar-refractivity contribution in [3.05, 3.63) is 24.0 Å². The molecule has 2 aliphatic carbocycles. The summed E-state index contributed by atoms with van der Waals surface area (Å²) in [5, 5.41) is 18.0. The highest BCUT2D eigenvalue weighted by Gasteiger charge is 2.40. The Balaban J connectivity index is 1.77. The number of methoxy groups -OCH3 is 1. The van der Waals surface area contributed by atoms with Gasteiger partial charge in [-0.15, -0.1) is 5.10 Å². The molecule has 0 saturated heterocycles. The summed E-state index contributed by atoms with van der Waals surface area (Å²) in [4.78, 5) is 12.2. The first-order chi connectivity index (χ1) is 10.1. The molecule has 6 nitrogen and oxygen atoms in total. The number of allylic oxidation sites excluding steroid dienone is 2. The van der Waals surface area contributed by atoms with Gasteiger partial charge in [0.1, 0.15) is 0 Å². The van der Waals surface area contributed by atoms with Crippen LogP contribution in [0, 0.1) is 5.41 Å². The van der Waals surface area contributed by atoms with Gasteiger partial charge >= 0.3 is 5.97 Å². The summed E-state index contributed by atoms with van der Waals surface area (Å²) in [6, 6.07) is 0.0339. The summed E-state index contributed by atoms with van der Waals surface area (Å²) >= 11 is 0. The molecule has 114 valence electrons. The van der Waals surface area contributed by atoms with E-state index >= 15 is 0 Å². The Morgan fingerprint density at radius 3 is 2.95 bits per heavy atom. The number of rotatable bonds is 4. The lowest BCUT2D eigenvalue weighted by Gasteiger charge is -2.32. The van der Waals surface area contributed by atoms with Crippen LogP contribution in [0.1, 0.15) is 43.8 Å². The molecule has 21 heavy (non-hydrogen) atoms. The molecule has 0 aromatic carbocycles. The Bertz CT molecular complexity index is 554. The van der Waals surface area contributed by atoms with Gasteiger partial charge in [0.05, 0.1) is 30.4 Å². The predicted molar refractivity (Wildman–Crippen MR) is 75.4 cm³/mol. The predicted octanol–water partition coefficient (Wildman–Crippen LogP) is 1.42. The summed E-state index contributed by atoms with van der Waals surface area (Å²) in [7, 11) is 1.43. The van der Waals surface area contributed by atoms with Crippen LogP contribution < -0.4 is 0 Å². The molecule has 0 amide bonds. The summed E-state index contributed by atoms with van der Waals surface area (Å²) in [6.45, 7) is 0. The highest BCUT2D eigenvalue weighted by Crippen LogP contribution is 2.38. The number of ether oxygens (including phenoxy) is 1. The molecule has 1 aromatic heterocycles. The summed E-state index contributed by atoms with van der Waals surface area (Å²) < 4.78 is 6.73. The summed E-state index contributed by atoms with van der Waals surface area (Å²) in [6.07, 6.45) is 10.3. The highest BCUT2D eigenvalue weighted by atomic mass is 16.5. The fraction of sp³-hybridized carbons (Fsp3) is 0.667. The van der Waals surface area contributed by atoms with Crippen LogP contribution in [0.15, 0.2) is 18.3 Å². The van der Waals surface area contributed by atoms with Crippen LogP contribution in [0.3, 0.4) is 0 Å². The van der Waals surface area contributed by atoms with E-state index in [1.54, 1.807) is 4.68 Å². The standard InChI is InChI=1S/C15H21N3O3/c1-21-14(20)15(7-3-2-4-8-15)9-11-10-18(17-16-11)12-5-6-13(12)19/h2-3,10,12-13,19H,4-9H2,1H3/t12-,13-,15?/m1/s1. The van der Waals surface area contributed by atoms with Crippen molar-refractivity contribution in [3.63, 3.8) is 0 Å². The van der Waals surface area contributed by atoms with Gasteiger partial charge < -0.3 is 9.84 Å². The SMILES string of the molecule is COC(=O)C1(Cc2cn([C@@H]3CC[C@H]3O)nn2)CC=CCC1. The monoisotopic (exact) mass is 291 g/mol. The van der Waals surface area contributed by atoms with Crippen molar-refractivity contribution < 1.29 is 14.6 Å². The number of carbonyl (C=O) groups is 1. The van der Waals surface area contributed by atoms with Gasteiger partial charge in [-0.3, -0.25) is 4.79 Å². The Hall–Kier alpha value is -1.69. The first-order valence-corrected chi connectivity index (χ1v) is 7.47. The average Bonchev–Trinajstić information content (AvgIpc) is 2.93. The lowest BCUT2D eigenvalue weighted by atomic mass is 9.74. The molecule has 1 N–H and O–H groups in total. The number of aliphatic hydroxyl groups excluding tert-OH is 1. The van der Waals surface area contributed by atoms with Gasteiger partial charge in [-0.2, -0.15) is 0 Å². The van der Waals surface area contributed by atoms with Gasteiger partial charge in [-0.05, 0) is 32.1 Å². The van der Waals surface area contributed by atoms with E-state index in [0.717, 1.165) is 31.4 Å². The molecule has 3 atom stereocenters. The summed E-state index contributed by atoms with van der Waals surface area (Å²) in [5.41, 5.74) is 0.262. The number of hydrogen-bond acceptors (Lipinski definition) is 5. The van der Waals surface area contributed by atoms with Crippen LogP contribution in [0.25, 0.3) is 0 Å². The second-order valence-corrected chi connectivity index (χ2v) is 6.06. The minimum Gasteiger partial charge on any atom is -0.469 e. The Labute approximate surface area is 123 Å². The maximum atomic E-state index is 12.2. The van der Waals surface area contributed by atoms with E-state index in [4.69, 9.17) is 4.74 Å². The van der Waals surface area contributed by atoms with Crippen LogP contribution in [0.2, 0.25) is 0 Å². The largest absolute Gasteiger partial charge is 0.469 e. The van der Waals surface area contributed by atoms with Crippen molar-refractivity contribution in [1.82, 2.24) is 15.0 Å². The molecule has 6 heteroatoms. The molecule has 1 heterocycles. The number of hydrogen-bond donors (Lipinski definition) is 1. The molecule has 1 fully saturated rings. The molecule has 1 unspecified atom stereocenters. The third-order valence-electron chi connectivity index (χ3n) is 4.70. The zero-order valence-corrected chi connectivity index (χ0v) is 12.2.